The SMILES string of the molecule is CN1CCN(c2ccccc2NC(=O)c2ccn3ncc(-c4cccc(Cl)c4)c3n2)CC1. The van der Waals surface area contributed by atoms with Gasteiger partial charge in [-0.3, -0.25) is 4.79 Å². The maximum Gasteiger partial charge on any atom is 0.274 e. The number of hydrogen-bond donors (Lipinski definition) is 1. The number of para-hydroxylation sites is 2. The van der Waals surface area contributed by atoms with Crippen molar-refractivity contribution in [2.75, 3.05) is 43.4 Å². The number of benzene rings is 2. The molecule has 0 atom stereocenters. The van der Waals surface area contributed by atoms with E-state index < -0.39 is 0 Å². The molecule has 1 aliphatic rings. The normalized spacial score (nSPS) is 14.6. The first kappa shape index (κ1) is 20.5. The van der Waals surface area contributed by atoms with E-state index in [0.717, 1.165) is 48.7 Å². The molecule has 1 aliphatic heterocycles. The average molecular weight is 447 g/mol. The van der Waals surface area contributed by atoms with Crippen molar-refractivity contribution in [2.24, 2.45) is 0 Å². The third-order valence-electron chi connectivity index (χ3n) is 5.73. The predicted molar refractivity (Wildman–Crippen MR) is 128 cm³/mol. The molecule has 0 saturated carbocycles. The van der Waals surface area contributed by atoms with E-state index in [9.17, 15) is 4.79 Å². The van der Waals surface area contributed by atoms with Crippen LogP contribution in [-0.2, 0) is 0 Å². The summed E-state index contributed by atoms with van der Waals surface area (Å²) in [6.45, 7) is 3.83. The summed E-state index contributed by atoms with van der Waals surface area (Å²) in [5, 5.41) is 8.05. The highest BCUT2D eigenvalue weighted by Gasteiger charge is 2.19. The molecule has 0 unspecified atom stereocenters. The number of likely N-dealkylation sites (N-methyl/N-ethyl adjacent to an activating group) is 1. The van der Waals surface area contributed by atoms with Crippen LogP contribution < -0.4 is 10.2 Å². The number of amides is 1. The van der Waals surface area contributed by atoms with E-state index in [1.54, 1.807) is 23.0 Å². The van der Waals surface area contributed by atoms with Crippen LogP contribution in [0, 0.1) is 0 Å². The number of rotatable bonds is 4. The molecule has 1 saturated heterocycles. The van der Waals surface area contributed by atoms with Crippen molar-refractivity contribution in [1.82, 2.24) is 19.5 Å². The van der Waals surface area contributed by atoms with Crippen molar-refractivity contribution in [3.63, 3.8) is 0 Å². The second-order valence-electron chi connectivity index (χ2n) is 7.91. The van der Waals surface area contributed by atoms with Crippen molar-refractivity contribution in [1.29, 1.82) is 0 Å². The monoisotopic (exact) mass is 446 g/mol. The summed E-state index contributed by atoms with van der Waals surface area (Å²) in [6, 6.07) is 17.1. The second-order valence-corrected chi connectivity index (χ2v) is 8.35. The van der Waals surface area contributed by atoms with E-state index in [4.69, 9.17) is 11.6 Å². The zero-order chi connectivity index (χ0) is 22.1. The zero-order valence-corrected chi connectivity index (χ0v) is 18.5. The molecule has 0 radical (unpaired) electrons. The number of anilines is 2. The van der Waals surface area contributed by atoms with Gasteiger partial charge in [-0.1, -0.05) is 35.9 Å². The van der Waals surface area contributed by atoms with Gasteiger partial charge >= 0.3 is 0 Å². The van der Waals surface area contributed by atoms with Crippen LogP contribution in [0.5, 0.6) is 0 Å². The van der Waals surface area contributed by atoms with Crippen molar-refractivity contribution in [3.05, 3.63) is 77.7 Å². The largest absolute Gasteiger partial charge is 0.367 e. The Kier molecular flexibility index (Phi) is 5.51. The number of nitrogens with zero attached hydrogens (tertiary/aromatic N) is 5. The fourth-order valence-electron chi connectivity index (χ4n) is 3.94. The standard InChI is InChI=1S/C24H23ClN6O/c1-29-11-13-30(14-12-29)22-8-3-2-7-20(22)28-24(32)21-9-10-31-23(27-21)19(16-26-31)17-5-4-6-18(25)15-17/h2-10,15-16H,11-14H2,1H3,(H,28,32). The summed E-state index contributed by atoms with van der Waals surface area (Å²) in [4.78, 5) is 22.3. The molecule has 162 valence electrons. The quantitative estimate of drug-likeness (QED) is 0.512. The topological polar surface area (TPSA) is 65.8 Å². The van der Waals surface area contributed by atoms with Gasteiger partial charge in [-0.25, -0.2) is 9.50 Å². The number of piperazine rings is 1. The molecule has 3 heterocycles. The van der Waals surface area contributed by atoms with E-state index in [0.29, 0.717) is 16.4 Å². The van der Waals surface area contributed by atoms with Gasteiger partial charge in [0.2, 0.25) is 0 Å². The molecule has 2 aromatic heterocycles. The smallest absolute Gasteiger partial charge is 0.274 e. The predicted octanol–water partition coefficient (Wildman–Crippen LogP) is 4.05. The van der Waals surface area contributed by atoms with Gasteiger partial charge in [0.05, 0.1) is 17.6 Å². The molecule has 1 fully saturated rings. The third kappa shape index (κ3) is 4.04. The zero-order valence-electron chi connectivity index (χ0n) is 17.7. The molecule has 2 aromatic carbocycles. The Morgan fingerprint density at radius 1 is 1.03 bits per heavy atom. The van der Waals surface area contributed by atoms with Crippen LogP contribution in [0.2, 0.25) is 5.02 Å². The van der Waals surface area contributed by atoms with Crippen molar-refractivity contribution in [3.8, 4) is 11.1 Å². The van der Waals surface area contributed by atoms with E-state index in [1.807, 2.05) is 48.5 Å². The Balaban J connectivity index is 1.43. The molecular formula is C24H23ClN6O. The van der Waals surface area contributed by atoms with Gasteiger partial charge in [-0.15, -0.1) is 0 Å². The Morgan fingerprint density at radius 3 is 2.66 bits per heavy atom. The minimum Gasteiger partial charge on any atom is -0.367 e. The number of carbonyl (C=O) groups is 1. The minimum atomic E-state index is -0.257. The number of fused-ring (bicyclic) bond motifs is 1. The maximum absolute atomic E-state index is 13.1. The second kappa shape index (κ2) is 8.61. The summed E-state index contributed by atoms with van der Waals surface area (Å²) in [6.07, 6.45) is 3.48. The Hall–Kier alpha value is -3.42. The minimum absolute atomic E-state index is 0.257. The van der Waals surface area contributed by atoms with Gasteiger partial charge in [0, 0.05) is 43.0 Å². The van der Waals surface area contributed by atoms with Crippen molar-refractivity contribution in [2.45, 2.75) is 0 Å². The van der Waals surface area contributed by atoms with Crippen LogP contribution in [0.1, 0.15) is 10.5 Å². The van der Waals surface area contributed by atoms with Gasteiger partial charge in [-0.2, -0.15) is 5.10 Å². The summed E-state index contributed by atoms with van der Waals surface area (Å²) in [5.74, 6) is -0.257. The van der Waals surface area contributed by atoms with Gasteiger partial charge in [0.15, 0.2) is 5.65 Å². The van der Waals surface area contributed by atoms with Gasteiger partial charge in [0.1, 0.15) is 5.69 Å². The van der Waals surface area contributed by atoms with E-state index in [1.165, 1.54) is 0 Å². The lowest BCUT2D eigenvalue weighted by molar-refractivity contribution is 0.102. The van der Waals surface area contributed by atoms with E-state index in [2.05, 4.69) is 32.2 Å². The van der Waals surface area contributed by atoms with E-state index >= 15 is 0 Å². The molecule has 7 nitrogen and oxygen atoms in total. The molecule has 32 heavy (non-hydrogen) atoms. The van der Waals surface area contributed by atoms with Gasteiger partial charge in [0.25, 0.3) is 5.91 Å². The molecule has 8 heteroatoms. The summed E-state index contributed by atoms with van der Waals surface area (Å²) in [5.41, 5.74) is 4.46. The molecule has 0 spiro atoms. The van der Waals surface area contributed by atoms with E-state index in [-0.39, 0.29) is 5.91 Å². The van der Waals surface area contributed by atoms with Crippen LogP contribution in [0.25, 0.3) is 16.8 Å². The van der Waals surface area contributed by atoms with Gasteiger partial charge in [-0.05, 0) is 42.9 Å². The van der Waals surface area contributed by atoms with Crippen LogP contribution in [-0.4, -0.2) is 58.6 Å². The maximum atomic E-state index is 13.1. The van der Waals surface area contributed by atoms with Gasteiger partial charge < -0.3 is 15.1 Å². The molecular weight excluding hydrogens is 424 g/mol. The Morgan fingerprint density at radius 2 is 1.84 bits per heavy atom. The fourth-order valence-corrected chi connectivity index (χ4v) is 4.13. The molecule has 5 rings (SSSR count). The lowest BCUT2D eigenvalue weighted by Crippen LogP contribution is -2.44. The van der Waals surface area contributed by atoms with Crippen molar-refractivity contribution >= 4 is 34.5 Å². The lowest BCUT2D eigenvalue weighted by atomic mass is 10.1. The highest BCUT2D eigenvalue weighted by Crippen LogP contribution is 2.28. The summed E-state index contributed by atoms with van der Waals surface area (Å²) < 4.78 is 1.66. The number of nitrogens with one attached hydrogen (secondary N) is 1. The molecule has 4 aromatic rings. The fraction of sp³-hybridized carbons (Fsp3) is 0.208. The Labute approximate surface area is 191 Å². The first-order chi connectivity index (χ1) is 15.6. The van der Waals surface area contributed by atoms with Crippen LogP contribution >= 0.6 is 11.6 Å². The first-order valence-corrected chi connectivity index (χ1v) is 10.9. The lowest BCUT2D eigenvalue weighted by Gasteiger charge is -2.35. The number of hydrogen-bond acceptors (Lipinski definition) is 5. The summed E-state index contributed by atoms with van der Waals surface area (Å²) in [7, 11) is 2.13. The highest BCUT2D eigenvalue weighted by atomic mass is 35.5. The molecule has 1 N–H and O–H groups in total. The number of aromatic nitrogens is 3. The summed E-state index contributed by atoms with van der Waals surface area (Å²) >= 11 is 6.15. The Bertz CT molecular complexity index is 1280. The molecule has 0 aliphatic carbocycles. The first-order valence-electron chi connectivity index (χ1n) is 10.5. The molecule has 1 amide bonds. The average Bonchev–Trinajstić information content (AvgIpc) is 3.23. The van der Waals surface area contributed by atoms with Crippen molar-refractivity contribution < 1.29 is 4.79 Å². The number of halogens is 1. The third-order valence-corrected chi connectivity index (χ3v) is 5.97. The number of carbonyl (C=O) groups excluding carboxylic acids is 1. The van der Waals surface area contributed by atoms with Crippen LogP contribution in [0.3, 0.4) is 0 Å². The highest BCUT2D eigenvalue weighted by molar-refractivity contribution is 6.30. The molecule has 0 bridgehead atoms. The van der Waals surface area contributed by atoms with Crippen LogP contribution in [0.15, 0.2) is 67.0 Å². The van der Waals surface area contributed by atoms with Crippen LogP contribution in [0.4, 0.5) is 11.4 Å².